The molecule has 0 aromatic carbocycles. The first-order valence-corrected chi connectivity index (χ1v) is 4.15. The molecule has 9 heavy (non-hydrogen) atoms. The van der Waals surface area contributed by atoms with Gasteiger partial charge < -0.3 is 0 Å². The highest BCUT2D eigenvalue weighted by molar-refractivity contribution is 7.87. The Balaban J connectivity index is 2.87. The zero-order valence-corrected chi connectivity index (χ0v) is 5.73. The summed E-state index contributed by atoms with van der Waals surface area (Å²) in [5.41, 5.74) is 0. The minimum absolute atomic E-state index is 0.305. The molecular weight excluding hydrogens is 140 g/mol. The average molecular weight is 148 g/mol. The fourth-order valence-corrected chi connectivity index (χ4v) is 1.87. The molecule has 1 fully saturated rings. The summed E-state index contributed by atoms with van der Waals surface area (Å²) in [6.07, 6.45) is 1.95. The van der Waals surface area contributed by atoms with Crippen molar-refractivity contribution in [2.45, 2.75) is 11.7 Å². The van der Waals surface area contributed by atoms with Gasteiger partial charge in [0.25, 0.3) is 10.1 Å². The van der Waals surface area contributed by atoms with Crippen molar-refractivity contribution < 1.29 is 12.6 Å². The topological polar surface area (TPSA) is 43.4 Å². The summed E-state index contributed by atoms with van der Waals surface area (Å²) in [6, 6.07) is 0. The molecule has 0 aromatic heterocycles. The van der Waals surface area contributed by atoms with Crippen LogP contribution in [0.3, 0.4) is 0 Å². The van der Waals surface area contributed by atoms with Crippen LogP contribution in [0.15, 0.2) is 12.7 Å². The molecule has 3 nitrogen and oxygen atoms in total. The van der Waals surface area contributed by atoms with Crippen molar-refractivity contribution in [3.05, 3.63) is 12.7 Å². The molecule has 0 amide bonds. The van der Waals surface area contributed by atoms with Crippen LogP contribution in [0.4, 0.5) is 0 Å². The third-order valence-corrected chi connectivity index (χ3v) is 2.95. The van der Waals surface area contributed by atoms with E-state index in [0.29, 0.717) is 13.0 Å². The van der Waals surface area contributed by atoms with Gasteiger partial charge in [-0.1, -0.05) is 6.08 Å². The average Bonchev–Trinajstić information content (AvgIpc) is 2.08. The predicted molar refractivity (Wildman–Crippen MR) is 33.5 cm³/mol. The molecule has 52 valence electrons. The second-order valence-electron chi connectivity index (χ2n) is 1.88. The Hall–Kier alpha value is -0.350. The lowest BCUT2D eigenvalue weighted by atomic mass is 10.3. The van der Waals surface area contributed by atoms with E-state index in [1.54, 1.807) is 0 Å². The predicted octanol–water partition coefficient (Wildman–Crippen LogP) is 0.291. The summed E-state index contributed by atoms with van der Waals surface area (Å²) in [6.45, 7) is 3.68. The molecule has 0 N–H and O–H groups in total. The first kappa shape index (κ1) is 6.77. The van der Waals surface area contributed by atoms with Crippen LogP contribution in [-0.4, -0.2) is 20.3 Å². The van der Waals surface area contributed by atoms with Crippen LogP contribution in [0.1, 0.15) is 6.42 Å². The highest BCUT2D eigenvalue weighted by Gasteiger charge is 2.29. The van der Waals surface area contributed by atoms with Gasteiger partial charge in [-0.2, -0.15) is 8.42 Å². The minimum atomic E-state index is -3.26. The van der Waals surface area contributed by atoms with Crippen molar-refractivity contribution in [1.82, 2.24) is 0 Å². The molecule has 0 saturated carbocycles. The van der Waals surface area contributed by atoms with Crippen LogP contribution < -0.4 is 0 Å². The maximum Gasteiger partial charge on any atom is 0.273 e. The fourth-order valence-electron chi connectivity index (χ4n) is 0.748. The van der Waals surface area contributed by atoms with Crippen molar-refractivity contribution in [2.75, 3.05) is 6.61 Å². The van der Waals surface area contributed by atoms with Gasteiger partial charge in [0.2, 0.25) is 0 Å². The van der Waals surface area contributed by atoms with Gasteiger partial charge in [0.15, 0.2) is 0 Å². The molecule has 0 aliphatic carbocycles. The SMILES string of the molecule is C=CC1CCOS1(=O)=O. The van der Waals surface area contributed by atoms with Crippen LogP contribution in [0, 0.1) is 0 Å². The summed E-state index contributed by atoms with van der Waals surface area (Å²) in [7, 11) is -3.26. The van der Waals surface area contributed by atoms with E-state index in [9.17, 15) is 8.42 Å². The third kappa shape index (κ3) is 1.14. The molecule has 1 aliphatic heterocycles. The van der Waals surface area contributed by atoms with Crippen LogP contribution in [0.2, 0.25) is 0 Å². The van der Waals surface area contributed by atoms with Gasteiger partial charge in [-0.25, -0.2) is 0 Å². The summed E-state index contributed by atoms with van der Waals surface area (Å²) in [5, 5.41) is -0.475. The Bertz CT molecular complexity index is 204. The Kier molecular flexibility index (Phi) is 1.59. The number of rotatable bonds is 1. The first-order chi connectivity index (χ1) is 4.17. The molecule has 1 heterocycles. The van der Waals surface area contributed by atoms with Crippen LogP contribution in [0.5, 0.6) is 0 Å². The Morgan fingerprint density at radius 1 is 1.67 bits per heavy atom. The van der Waals surface area contributed by atoms with Crippen LogP contribution in [0.25, 0.3) is 0 Å². The van der Waals surface area contributed by atoms with Gasteiger partial charge in [0.1, 0.15) is 5.25 Å². The second kappa shape index (κ2) is 2.11. The molecular formula is C5H8O3S. The second-order valence-corrected chi connectivity index (χ2v) is 3.70. The largest absolute Gasteiger partial charge is 0.273 e. The van der Waals surface area contributed by atoms with E-state index in [4.69, 9.17) is 0 Å². The van der Waals surface area contributed by atoms with E-state index in [1.807, 2.05) is 0 Å². The summed E-state index contributed by atoms with van der Waals surface area (Å²) < 4.78 is 25.8. The van der Waals surface area contributed by atoms with Gasteiger partial charge in [-0.3, -0.25) is 4.18 Å². The lowest BCUT2D eigenvalue weighted by Crippen LogP contribution is -2.10. The van der Waals surface area contributed by atoms with Gasteiger partial charge in [-0.05, 0) is 6.42 Å². The lowest BCUT2D eigenvalue weighted by molar-refractivity contribution is 0.354. The van der Waals surface area contributed by atoms with E-state index in [1.165, 1.54) is 6.08 Å². The monoisotopic (exact) mass is 148 g/mol. The van der Waals surface area contributed by atoms with Crippen molar-refractivity contribution in [3.63, 3.8) is 0 Å². The van der Waals surface area contributed by atoms with Crippen molar-refractivity contribution >= 4 is 10.1 Å². The van der Waals surface area contributed by atoms with Gasteiger partial charge in [0, 0.05) is 0 Å². The molecule has 1 rings (SSSR count). The van der Waals surface area contributed by atoms with Crippen molar-refractivity contribution in [1.29, 1.82) is 0 Å². The summed E-state index contributed by atoms with van der Waals surface area (Å²) >= 11 is 0. The zero-order chi connectivity index (χ0) is 6.91. The van der Waals surface area contributed by atoms with E-state index < -0.39 is 15.4 Å². The Morgan fingerprint density at radius 2 is 2.33 bits per heavy atom. The van der Waals surface area contributed by atoms with Crippen molar-refractivity contribution in [2.24, 2.45) is 0 Å². The van der Waals surface area contributed by atoms with Gasteiger partial charge in [-0.15, -0.1) is 6.58 Å². The van der Waals surface area contributed by atoms with E-state index in [0.717, 1.165) is 0 Å². The molecule has 0 radical (unpaired) electrons. The molecule has 0 bridgehead atoms. The Morgan fingerprint density at radius 3 is 2.56 bits per heavy atom. The van der Waals surface area contributed by atoms with E-state index in [-0.39, 0.29) is 0 Å². The Labute approximate surface area is 54.5 Å². The van der Waals surface area contributed by atoms with E-state index >= 15 is 0 Å². The van der Waals surface area contributed by atoms with Crippen molar-refractivity contribution in [3.8, 4) is 0 Å². The number of hydrogen-bond donors (Lipinski definition) is 0. The first-order valence-electron chi connectivity index (χ1n) is 2.67. The maximum atomic E-state index is 10.7. The molecule has 1 unspecified atom stereocenters. The lowest BCUT2D eigenvalue weighted by Gasteiger charge is -1.96. The quantitative estimate of drug-likeness (QED) is 0.396. The summed E-state index contributed by atoms with van der Waals surface area (Å²) in [4.78, 5) is 0. The molecule has 0 aromatic rings. The standard InChI is InChI=1S/C5H8O3S/c1-2-5-3-4-8-9(5,6)7/h2,5H,1,3-4H2. The number of hydrogen-bond acceptors (Lipinski definition) is 3. The summed E-state index contributed by atoms with van der Waals surface area (Å²) in [5.74, 6) is 0. The smallest absolute Gasteiger partial charge is 0.270 e. The maximum absolute atomic E-state index is 10.7. The zero-order valence-electron chi connectivity index (χ0n) is 4.91. The minimum Gasteiger partial charge on any atom is -0.270 e. The molecule has 1 atom stereocenters. The van der Waals surface area contributed by atoms with Gasteiger partial charge >= 0.3 is 0 Å². The molecule has 4 heteroatoms. The normalized spacial score (nSPS) is 32.2. The van der Waals surface area contributed by atoms with Crippen LogP contribution in [-0.2, 0) is 14.3 Å². The highest BCUT2D eigenvalue weighted by atomic mass is 32.2. The molecule has 1 saturated heterocycles. The highest BCUT2D eigenvalue weighted by Crippen LogP contribution is 2.17. The van der Waals surface area contributed by atoms with Crippen LogP contribution >= 0.6 is 0 Å². The van der Waals surface area contributed by atoms with E-state index in [2.05, 4.69) is 10.8 Å². The fraction of sp³-hybridized carbons (Fsp3) is 0.600. The molecule has 1 aliphatic rings. The molecule has 0 spiro atoms. The third-order valence-electron chi connectivity index (χ3n) is 1.28. The van der Waals surface area contributed by atoms with Gasteiger partial charge in [0.05, 0.1) is 6.61 Å².